The number of carbonyl (C=O) groups is 3. The Morgan fingerprint density at radius 3 is 2.32 bits per heavy atom. The topological polar surface area (TPSA) is 132 Å². The van der Waals surface area contributed by atoms with Crippen molar-refractivity contribution in [3.05, 3.63) is 51.6 Å². The normalized spacial score (nSPS) is 20.4. The van der Waals surface area contributed by atoms with Gasteiger partial charge in [-0.2, -0.15) is 0 Å². The molecule has 0 spiro atoms. The first-order valence-electron chi connectivity index (χ1n) is 8.54. The standard InChI is InChI=1S/C20H15BrO7/c21-7-12(23)20(28)5-4-8-10(6-20)18(26)14-15(16(8)24)19(27)13-9(17(14)25)2-1-3-11(13)22/h1-3,22,24,26,28H,4-7H2. The molecule has 0 aliphatic heterocycles. The van der Waals surface area contributed by atoms with Gasteiger partial charge in [-0.3, -0.25) is 14.4 Å². The van der Waals surface area contributed by atoms with Crippen molar-refractivity contribution in [2.75, 3.05) is 5.33 Å². The molecule has 1 unspecified atom stereocenters. The van der Waals surface area contributed by atoms with Crippen LogP contribution in [0.2, 0.25) is 0 Å². The smallest absolute Gasteiger partial charge is 0.202 e. The highest BCUT2D eigenvalue weighted by atomic mass is 79.9. The summed E-state index contributed by atoms with van der Waals surface area (Å²) in [6.45, 7) is 0. The number of rotatable bonds is 2. The minimum atomic E-state index is -1.74. The van der Waals surface area contributed by atoms with E-state index in [0.717, 1.165) is 0 Å². The second-order valence-electron chi connectivity index (χ2n) is 7.03. The summed E-state index contributed by atoms with van der Waals surface area (Å²) >= 11 is 3.02. The number of halogens is 1. The van der Waals surface area contributed by atoms with Crippen molar-refractivity contribution in [3.63, 3.8) is 0 Å². The lowest BCUT2D eigenvalue weighted by molar-refractivity contribution is -0.135. The van der Waals surface area contributed by atoms with Crippen LogP contribution in [0.4, 0.5) is 0 Å². The summed E-state index contributed by atoms with van der Waals surface area (Å²) in [5.41, 5.74) is -2.52. The Balaban J connectivity index is 1.97. The lowest BCUT2D eigenvalue weighted by atomic mass is 9.73. The second kappa shape index (κ2) is 6.15. The third-order valence-electron chi connectivity index (χ3n) is 5.53. The number of phenolic OH excluding ortho intramolecular Hbond substituents is 3. The molecule has 0 heterocycles. The summed E-state index contributed by atoms with van der Waals surface area (Å²) in [5.74, 6) is -3.37. The van der Waals surface area contributed by atoms with E-state index in [0.29, 0.717) is 0 Å². The fourth-order valence-corrected chi connectivity index (χ4v) is 4.55. The van der Waals surface area contributed by atoms with E-state index in [4.69, 9.17) is 0 Å². The monoisotopic (exact) mass is 446 g/mol. The van der Waals surface area contributed by atoms with E-state index in [1.807, 2.05) is 0 Å². The number of benzene rings is 2. The molecule has 8 heteroatoms. The zero-order chi connectivity index (χ0) is 20.4. The summed E-state index contributed by atoms with van der Waals surface area (Å²) in [4.78, 5) is 38.0. The molecule has 0 saturated heterocycles. The average molecular weight is 447 g/mol. The Kier molecular flexibility index (Phi) is 4.09. The van der Waals surface area contributed by atoms with E-state index in [2.05, 4.69) is 15.9 Å². The summed E-state index contributed by atoms with van der Waals surface area (Å²) in [7, 11) is 0. The number of alkyl halides is 1. The van der Waals surface area contributed by atoms with Gasteiger partial charge in [-0.1, -0.05) is 28.1 Å². The molecule has 0 fully saturated rings. The first-order valence-corrected chi connectivity index (χ1v) is 9.66. The molecule has 2 aliphatic carbocycles. The van der Waals surface area contributed by atoms with E-state index in [1.165, 1.54) is 18.2 Å². The van der Waals surface area contributed by atoms with Gasteiger partial charge in [0.1, 0.15) is 22.8 Å². The first kappa shape index (κ1) is 18.6. The fourth-order valence-electron chi connectivity index (χ4n) is 4.03. The van der Waals surface area contributed by atoms with Crippen molar-refractivity contribution in [3.8, 4) is 17.2 Å². The first-order chi connectivity index (χ1) is 13.2. The van der Waals surface area contributed by atoms with Crippen LogP contribution < -0.4 is 0 Å². The highest BCUT2D eigenvalue weighted by Gasteiger charge is 2.44. The number of hydrogen-bond donors (Lipinski definition) is 4. The van der Waals surface area contributed by atoms with E-state index in [9.17, 15) is 34.8 Å². The van der Waals surface area contributed by atoms with Crippen LogP contribution in [0.15, 0.2) is 18.2 Å². The third kappa shape index (κ3) is 2.34. The zero-order valence-electron chi connectivity index (χ0n) is 14.5. The molecule has 4 rings (SSSR count). The van der Waals surface area contributed by atoms with Crippen molar-refractivity contribution in [1.29, 1.82) is 0 Å². The Morgan fingerprint density at radius 1 is 1.00 bits per heavy atom. The molecule has 0 saturated carbocycles. The van der Waals surface area contributed by atoms with Crippen molar-refractivity contribution in [1.82, 2.24) is 0 Å². The van der Waals surface area contributed by atoms with Gasteiger partial charge >= 0.3 is 0 Å². The molecule has 2 aromatic carbocycles. The van der Waals surface area contributed by atoms with Gasteiger partial charge in [0.25, 0.3) is 0 Å². The van der Waals surface area contributed by atoms with Gasteiger partial charge in [0.15, 0.2) is 11.6 Å². The van der Waals surface area contributed by atoms with Gasteiger partial charge in [-0.25, -0.2) is 0 Å². The van der Waals surface area contributed by atoms with Crippen molar-refractivity contribution < 1.29 is 34.8 Å². The van der Waals surface area contributed by atoms with Crippen LogP contribution in [0.5, 0.6) is 17.2 Å². The lowest BCUT2D eigenvalue weighted by Crippen LogP contribution is -2.45. The number of fused-ring (bicyclic) bond motifs is 3. The van der Waals surface area contributed by atoms with Crippen molar-refractivity contribution in [2.45, 2.75) is 24.9 Å². The number of aromatic hydroxyl groups is 3. The molecular formula is C20H15BrO7. The molecular weight excluding hydrogens is 432 g/mol. The Labute approximate surface area is 167 Å². The number of carbonyl (C=O) groups excluding carboxylic acids is 3. The van der Waals surface area contributed by atoms with Gasteiger partial charge in [0.2, 0.25) is 5.78 Å². The maximum absolute atomic E-state index is 12.9. The number of aliphatic hydroxyl groups is 1. The zero-order valence-corrected chi connectivity index (χ0v) is 16.0. The number of Topliss-reactive ketones (excluding diaryl/α,β-unsaturated/α-hetero) is 1. The minimum Gasteiger partial charge on any atom is -0.507 e. The molecule has 1 atom stereocenters. The number of hydrogen-bond acceptors (Lipinski definition) is 7. The fraction of sp³-hybridized carbons (Fsp3) is 0.250. The van der Waals surface area contributed by atoms with Crippen LogP contribution in [0, 0.1) is 0 Å². The largest absolute Gasteiger partial charge is 0.507 e. The van der Waals surface area contributed by atoms with Crippen LogP contribution in [-0.4, -0.2) is 48.7 Å². The van der Waals surface area contributed by atoms with Crippen molar-refractivity contribution >= 4 is 33.3 Å². The lowest BCUT2D eigenvalue weighted by Gasteiger charge is -2.34. The SMILES string of the molecule is O=C1c2cccc(O)c2C(=O)c2c(O)c3c(c(O)c21)CC(O)(C(=O)CBr)CC3. The third-order valence-corrected chi connectivity index (χ3v) is 6.04. The highest BCUT2D eigenvalue weighted by Crippen LogP contribution is 2.48. The predicted molar refractivity (Wildman–Crippen MR) is 101 cm³/mol. The van der Waals surface area contributed by atoms with E-state index in [1.54, 1.807) is 0 Å². The van der Waals surface area contributed by atoms with Crippen LogP contribution in [0.25, 0.3) is 0 Å². The number of ketones is 3. The molecule has 4 N–H and O–H groups in total. The van der Waals surface area contributed by atoms with Gasteiger partial charge in [0.05, 0.1) is 22.0 Å². The molecule has 2 aromatic rings. The Bertz CT molecular complexity index is 1090. The van der Waals surface area contributed by atoms with Gasteiger partial charge in [-0.15, -0.1) is 0 Å². The molecule has 0 bridgehead atoms. The minimum absolute atomic E-state index is 0.000192. The van der Waals surface area contributed by atoms with E-state index in [-0.39, 0.29) is 58.0 Å². The Hall–Kier alpha value is -2.71. The van der Waals surface area contributed by atoms with E-state index >= 15 is 0 Å². The molecule has 2 aliphatic rings. The summed E-state index contributed by atoms with van der Waals surface area (Å²) in [6, 6.07) is 4.00. The molecule has 0 radical (unpaired) electrons. The van der Waals surface area contributed by atoms with Crippen LogP contribution in [0.3, 0.4) is 0 Å². The van der Waals surface area contributed by atoms with E-state index < -0.39 is 40.2 Å². The number of phenols is 3. The second-order valence-corrected chi connectivity index (χ2v) is 7.59. The molecule has 28 heavy (non-hydrogen) atoms. The van der Waals surface area contributed by atoms with Gasteiger partial charge in [0, 0.05) is 23.1 Å². The molecule has 7 nitrogen and oxygen atoms in total. The molecule has 0 aromatic heterocycles. The molecule has 0 amide bonds. The highest BCUT2D eigenvalue weighted by molar-refractivity contribution is 9.09. The Morgan fingerprint density at radius 2 is 1.64 bits per heavy atom. The predicted octanol–water partition coefficient (Wildman–Crippen LogP) is 1.76. The van der Waals surface area contributed by atoms with Crippen LogP contribution in [0.1, 0.15) is 49.4 Å². The summed E-state index contributed by atoms with van der Waals surface area (Å²) in [5, 5.41) is 42.1. The maximum atomic E-state index is 12.9. The maximum Gasteiger partial charge on any atom is 0.202 e. The van der Waals surface area contributed by atoms with Crippen LogP contribution in [-0.2, 0) is 17.6 Å². The van der Waals surface area contributed by atoms with Crippen LogP contribution >= 0.6 is 15.9 Å². The average Bonchev–Trinajstić information content (AvgIpc) is 2.67. The summed E-state index contributed by atoms with van der Waals surface area (Å²) in [6.07, 6.45) is -0.250. The van der Waals surface area contributed by atoms with Crippen molar-refractivity contribution in [2.24, 2.45) is 0 Å². The quantitative estimate of drug-likeness (QED) is 0.348. The molecule has 144 valence electrons. The van der Waals surface area contributed by atoms with Gasteiger partial charge < -0.3 is 20.4 Å². The summed E-state index contributed by atoms with van der Waals surface area (Å²) < 4.78 is 0. The van der Waals surface area contributed by atoms with Gasteiger partial charge in [-0.05, 0) is 18.9 Å².